The lowest BCUT2D eigenvalue weighted by Crippen LogP contribution is -2.34. The van der Waals surface area contributed by atoms with Crippen molar-refractivity contribution in [2.75, 3.05) is 26.7 Å². The first-order chi connectivity index (χ1) is 7.76. The average Bonchev–Trinajstić information content (AvgIpc) is 2.31. The number of carbonyl (C=O) groups excluding carboxylic acids is 1. The second kappa shape index (κ2) is 7.66. The molecule has 0 aliphatic carbocycles. The SMILES string of the molecule is CCCC1CCN(CCCC(=O)OC)CC1. The van der Waals surface area contributed by atoms with Crippen LogP contribution in [0.2, 0.25) is 0 Å². The van der Waals surface area contributed by atoms with Crippen LogP contribution in [0.1, 0.15) is 45.4 Å². The minimum Gasteiger partial charge on any atom is -0.469 e. The Balaban J connectivity index is 2.06. The van der Waals surface area contributed by atoms with E-state index in [1.807, 2.05) is 0 Å². The third kappa shape index (κ3) is 4.97. The van der Waals surface area contributed by atoms with Gasteiger partial charge >= 0.3 is 5.97 Å². The van der Waals surface area contributed by atoms with Crippen molar-refractivity contribution in [3.63, 3.8) is 0 Å². The monoisotopic (exact) mass is 227 g/mol. The smallest absolute Gasteiger partial charge is 0.305 e. The third-order valence-electron chi connectivity index (χ3n) is 3.49. The van der Waals surface area contributed by atoms with Gasteiger partial charge in [0.05, 0.1) is 7.11 Å². The Kier molecular flexibility index (Phi) is 6.46. The molecule has 0 saturated carbocycles. The Morgan fingerprint density at radius 1 is 1.38 bits per heavy atom. The van der Waals surface area contributed by atoms with Gasteiger partial charge in [-0.1, -0.05) is 19.8 Å². The van der Waals surface area contributed by atoms with E-state index in [4.69, 9.17) is 0 Å². The normalized spacial score (nSPS) is 18.6. The molecule has 1 aliphatic heterocycles. The number of carbonyl (C=O) groups is 1. The van der Waals surface area contributed by atoms with E-state index in [0.29, 0.717) is 6.42 Å². The summed E-state index contributed by atoms with van der Waals surface area (Å²) in [6.45, 7) is 5.74. The van der Waals surface area contributed by atoms with Gasteiger partial charge in [-0.25, -0.2) is 0 Å². The van der Waals surface area contributed by atoms with Crippen molar-refractivity contribution in [3.8, 4) is 0 Å². The molecule has 0 radical (unpaired) electrons. The molecule has 16 heavy (non-hydrogen) atoms. The fourth-order valence-electron chi connectivity index (χ4n) is 2.46. The molecule has 94 valence electrons. The van der Waals surface area contributed by atoms with E-state index < -0.39 is 0 Å². The number of nitrogens with zero attached hydrogens (tertiary/aromatic N) is 1. The molecule has 0 aromatic carbocycles. The van der Waals surface area contributed by atoms with E-state index in [0.717, 1.165) is 18.9 Å². The van der Waals surface area contributed by atoms with Crippen molar-refractivity contribution in [3.05, 3.63) is 0 Å². The molecule has 3 nitrogen and oxygen atoms in total. The lowest BCUT2D eigenvalue weighted by Gasteiger charge is -2.31. The largest absolute Gasteiger partial charge is 0.469 e. The Morgan fingerprint density at radius 3 is 2.62 bits per heavy atom. The summed E-state index contributed by atoms with van der Waals surface area (Å²) in [7, 11) is 1.46. The highest BCUT2D eigenvalue weighted by molar-refractivity contribution is 5.69. The molecule has 0 spiro atoms. The molecule has 1 rings (SSSR count). The van der Waals surface area contributed by atoms with Crippen LogP contribution in [0.4, 0.5) is 0 Å². The molecule has 0 N–H and O–H groups in total. The lowest BCUT2D eigenvalue weighted by molar-refractivity contribution is -0.140. The summed E-state index contributed by atoms with van der Waals surface area (Å²) in [4.78, 5) is 13.4. The molecule has 0 aromatic rings. The summed E-state index contributed by atoms with van der Waals surface area (Å²) in [6, 6.07) is 0. The van der Waals surface area contributed by atoms with Gasteiger partial charge in [-0.3, -0.25) is 4.79 Å². The van der Waals surface area contributed by atoms with Gasteiger partial charge in [-0.05, 0) is 44.8 Å². The van der Waals surface area contributed by atoms with Crippen LogP contribution in [0.5, 0.6) is 0 Å². The van der Waals surface area contributed by atoms with Crippen LogP contribution in [0, 0.1) is 5.92 Å². The van der Waals surface area contributed by atoms with E-state index >= 15 is 0 Å². The van der Waals surface area contributed by atoms with Gasteiger partial charge in [-0.2, -0.15) is 0 Å². The molecule has 0 unspecified atom stereocenters. The van der Waals surface area contributed by atoms with Crippen LogP contribution in [0.25, 0.3) is 0 Å². The standard InChI is InChI=1S/C13H25NO2/c1-3-5-12-7-10-14(11-8-12)9-4-6-13(15)16-2/h12H,3-11H2,1-2H3. The Morgan fingerprint density at radius 2 is 2.06 bits per heavy atom. The number of hydrogen-bond acceptors (Lipinski definition) is 3. The number of methoxy groups -OCH3 is 1. The molecular formula is C13H25NO2. The van der Waals surface area contributed by atoms with Crippen LogP contribution >= 0.6 is 0 Å². The maximum absolute atomic E-state index is 10.9. The van der Waals surface area contributed by atoms with Gasteiger partial charge in [0.25, 0.3) is 0 Å². The molecule has 0 bridgehead atoms. The highest BCUT2D eigenvalue weighted by atomic mass is 16.5. The van der Waals surface area contributed by atoms with Crippen LogP contribution in [0.3, 0.4) is 0 Å². The summed E-state index contributed by atoms with van der Waals surface area (Å²) in [5.41, 5.74) is 0. The third-order valence-corrected chi connectivity index (χ3v) is 3.49. The number of ether oxygens (including phenoxy) is 1. The number of rotatable bonds is 6. The van der Waals surface area contributed by atoms with Gasteiger partial charge in [0, 0.05) is 6.42 Å². The second-order valence-electron chi connectivity index (χ2n) is 4.75. The number of esters is 1. The highest BCUT2D eigenvalue weighted by Gasteiger charge is 2.17. The minimum atomic E-state index is -0.0825. The zero-order valence-corrected chi connectivity index (χ0v) is 10.7. The van der Waals surface area contributed by atoms with Gasteiger partial charge in [0.1, 0.15) is 0 Å². The first kappa shape index (κ1) is 13.5. The second-order valence-corrected chi connectivity index (χ2v) is 4.75. The summed E-state index contributed by atoms with van der Waals surface area (Å²) in [5.74, 6) is 0.864. The van der Waals surface area contributed by atoms with Crippen molar-refractivity contribution in [1.82, 2.24) is 4.90 Å². The van der Waals surface area contributed by atoms with Gasteiger partial charge < -0.3 is 9.64 Å². The molecule has 0 amide bonds. The minimum absolute atomic E-state index is 0.0825. The zero-order chi connectivity index (χ0) is 11.8. The maximum atomic E-state index is 10.9. The molecular weight excluding hydrogens is 202 g/mol. The molecule has 1 aliphatic rings. The molecule has 1 fully saturated rings. The fourth-order valence-corrected chi connectivity index (χ4v) is 2.46. The quantitative estimate of drug-likeness (QED) is 0.653. The molecule has 1 saturated heterocycles. The van der Waals surface area contributed by atoms with Crippen LogP contribution in [-0.2, 0) is 9.53 Å². The topological polar surface area (TPSA) is 29.5 Å². The van der Waals surface area contributed by atoms with Crippen molar-refractivity contribution in [1.29, 1.82) is 0 Å². The molecule has 3 heteroatoms. The van der Waals surface area contributed by atoms with Gasteiger partial charge in [0.2, 0.25) is 0 Å². The first-order valence-corrected chi connectivity index (χ1v) is 6.55. The predicted octanol–water partition coefficient (Wildman–Crippen LogP) is 2.45. The summed E-state index contributed by atoms with van der Waals surface area (Å²) in [5, 5.41) is 0. The molecule has 0 atom stereocenters. The summed E-state index contributed by atoms with van der Waals surface area (Å²) in [6.07, 6.45) is 6.87. The summed E-state index contributed by atoms with van der Waals surface area (Å²) >= 11 is 0. The van der Waals surface area contributed by atoms with Crippen LogP contribution in [0.15, 0.2) is 0 Å². The molecule has 1 heterocycles. The van der Waals surface area contributed by atoms with Crippen LogP contribution < -0.4 is 0 Å². The predicted molar refractivity (Wildman–Crippen MR) is 65.3 cm³/mol. The number of piperidine rings is 1. The van der Waals surface area contributed by atoms with E-state index in [9.17, 15) is 4.79 Å². The Hall–Kier alpha value is -0.570. The Bertz CT molecular complexity index is 198. The lowest BCUT2D eigenvalue weighted by atomic mass is 9.92. The van der Waals surface area contributed by atoms with E-state index in [1.54, 1.807) is 0 Å². The van der Waals surface area contributed by atoms with Gasteiger partial charge in [-0.15, -0.1) is 0 Å². The van der Waals surface area contributed by atoms with Crippen molar-refractivity contribution in [2.45, 2.75) is 45.4 Å². The number of hydrogen-bond donors (Lipinski definition) is 0. The fraction of sp³-hybridized carbons (Fsp3) is 0.923. The van der Waals surface area contributed by atoms with Crippen molar-refractivity contribution < 1.29 is 9.53 Å². The summed E-state index contributed by atoms with van der Waals surface area (Å²) < 4.78 is 4.63. The van der Waals surface area contributed by atoms with E-state index in [2.05, 4.69) is 16.6 Å². The molecule has 0 aromatic heterocycles. The van der Waals surface area contributed by atoms with E-state index in [-0.39, 0.29) is 5.97 Å². The maximum Gasteiger partial charge on any atom is 0.305 e. The van der Waals surface area contributed by atoms with Crippen LogP contribution in [-0.4, -0.2) is 37.6 Å². The Labute approximate surface area is 99.1 Å². The zero-order valence-electron chi connectivity index (χ0n) is 10.7. The number of likely N-dealkylation sites (tertiary alicyclic amines) is 1. The van der Waals surface area contributed by atoms with Gasteiger partial charge in [0.15, 0.2) is 0 Å². The highest BCUT2D eigenvalue weighted by Crippen LogP contribution is 2.21. The van der Waals surface area contributed by atoms with Crippen molar-refractivity contribution >= 4 is 5.97 Å². The average molecular weight is 227 g/mol. The first-order valence-electron chi connectivity index (χ1n) is 6.55. The van der Waals surface area contributed by atoms with E-state index in [1.165, 1.54) is 45.9 Å². The van der Waals surface area contributed by atoms with Crippen molar-refractivity contribution in [2.24, 2.45) is 5.92 Å².